The molecular formula is C11H22N2O2. The summed E-state index contributed by atoms with van der Waals surface area (Å²) in [6.07, 6.45) is 5.13. The zero-order valence-electron chi connectivity index (χ0n) is 9.46. The summed E-state index contributed by atoms with van der Waals surface area (Å²) in [7, 11) is 0. The molecule has 4 heteroatoms. The van der Waals surface area contributed by atoms with Crippen LogP contribution in [-0.2, 0) is 4.79 Å². The second-order valence-corrected chi connectivity index (χ2v) is 4.60. The van der Waals surface area contributed by atoms with Crippen molar-refractivity contribution in [2.75, 3.05) is 13.2 Å². The first-order valence-electron chi connectivity index (χ1n) is 5.76. The van der Waals surface area contributed by atoms with Crippen LogP contribution in [-0.4, -0.2) is 30.2 Å². The highest BCUT2D eigenvalue weighted by Crippen LogP contribution is 2.35. The number of hydrogen-bond donors (Lipinski definition) is 3. The number of hydrogen-bond acceptors (Lipinski definition) is 3. The Kier molecular flexibility index (Phi) is 4.54. The van der Waals surface area contributed by atoms with Gasteiger partial charge in [0.05, 0.1) is 12.0 Å². The fraction of sp³-hybridized carbons (Fsp3) is 0.909. The maximum absolute atomic E-state index is 12.0. The molecule has 1 saturated carbocycles. The molecule has 4 nitrogen and oxygen atoms in total. The van der Waals surface area contributed by atoms with Crippen LogP contribution in [0.5, 0.6) is 0 Å². The van der Waals surface area contributed by atoms with Crippen LogP contribution < -0.4 is 11.1 Å². The Morgan fingerprint density at radius 1 is 1.47 bits per heavy atom. The third-order valence-corrected chi connectivity index (χ3v) is 3.33. The van der Waals surface area contributed by atoms with E-state index in [4.69, 9.17) is 10.8 Å². The summed E-state index contributed by atoms with van der Waals surface area (Å²) < 4.78 is 0. The Morgan fingerprint density at radius 2 is 2.07 bits per heavy atom. The Balaban J connectivity index is 2.59. The Bertz CT molecular complexity index is 213. The van der Waals surface area contributed by atoms with E-state index in [0.717, 1.165) is 25.7 Å². The molecule has 1 atom stereocenters. The van der Waals surface area contributed by atoms with Gasteiger partial charge < -0.3 is 16.2 Å². The molecule has 0 unspecified atom stereocenters. The van der Waals surface area contributed by atoms with E-state index < -0.39 is 0 Å². The maximum Gasteiger partial charge on any atom is 0.227 e. The number of aliphatic hydroxyl groups is 1. The van der Waals surface area contributed by atoms with Crippen molar-refractivity contribution in [3.63, 3.8) is 0 Å². The highest BCUT2D eigenvalue weighted by molar-refractivity contribution is 5.83. The largest absolute Gasteiger partial charge is 0.394 e. The molecule has 1 amide bonds. The van der Waals surface area contributed by atoms with Crippen molar-refractivity contribution in [2.45, 2.75) is 45.1 Å². The monoisotopic (exact) mass is 214 g/mol. The summed E-state index contributed by atoms with van der Waals surface area (Å²) in [5, 5.41) is 11.7. The molecule has 4 N–H and O–H groups in total. The van der Waals surface area contributed by atoms with Gasteiger partial charge in [0.2, 0.25) is 5.91 Å². The van der Waals surface area contributed by atoms with Crippen molar-refractivity contribution >= 4 is 5.91 Å². The van der Waals surface area contributed by atoms with Gasteiger partial charge in [0.15, 0.2) is 0 Å². The van der Waals surface area contributed by atoms with Crippen molar-refractivity contribution in [2.24, 2.45) is 11.1 Å². The molecule has 1 aliphatic carbocycles. The SMILES string of the molecule is C[C@@H](CO)NC(=O)C1(CN)CCCCC1. The molecule has 0 spiro atoms. The summed E-state index contributed by atoms with van der Waals surface area (Å²) >= 11 is 0. The normalized spacial score (nSPS) is 22.1. The number of carbonyl (C=O) groups excluding carboxylic acids is 1. The van der Waals surface area contributed by atoms with Gasteiger partial charge in [0.1, 0.15) is 0 Å². The minimum atomic E-state index is -0.373. The number of nitrogens with two attached hydrogens (primary N) is 1. The molecule has 0 radical (unpaired) electrons. The molecule has 0 aromatic carbocycles. The third kappa shape index (κ3) is 2.92. The molecule has 0 heterocycles. The summed E-state index contributed by atoms with van der Waals surface area (Å²) in [5.41, 5.74) is 5.36. The molecule has 0 bridgehead atoms. The quantitative estimate of drug-likeness (QED) is 0.634. The van der Waals surface area contributed by atoms with Crippen LogP contribution in [0.25, 0.3) is 0 Å². The van der Waals surface area contributed by atoms with E-state index in [0.29, 0.717) is 6.54 Å². The summed E-state index contributed by atoms with van der Waals surface area (Å²) in [6, 6.07) is -0.178. The summed E-state index contributed by atoms with van der Waals surface area (Å²) in [4.78, 5) is 12.0. The molecule has 15 heavy (non-hydrogen) atoms. The molecule has 1 fully saturated rings. The maximum atomic E-state index is 12.0. The van der Waals surface area contributed by atoms with Gasteiger partial charge in [0, 0.05) is 12.6 Å². The van der Waals surface area contributed by atoms with Crippen molar-refractivity contribution in [3.8, 4) is 0 Å². The first-order valence-corrected chi connectivity index (χ1v) is 5.76. The standard InChI is InChI=1S/C11H22N2O2/c1-9(7-14)13-10(15)11(8-12)5-3-2-4-6-11/h9,14H,2-8,12H2,1H3,(H,13,15)/t9-/m0/s1. The van der Waals surface area contributed by atoms with Crippen molar-refractivity contribution in [3.05, 3.63) is 0 Å². The van der Waals surface area contributed by atoms with Crippen LogP contribution in [0, 0.1) is 5.41 Å². The van der Waals surface area contributed by atoms with Gasteiger partial charge in [-0.3, -0.25) is 4.79 Å². The number of rotatable bonds is 4. The highest BCUT2D eigenvalue weighted by Gasteiger charge is 2.38. The van der Waals surface area contributed by atoms with Crippen LogP contribution >= 0.6 is 0 Å². The van der Waals surface area contributed by atoms with Gasteiger partial charge in [-0.25, -0.2) is 0 Å². The van der Waals surface area contributed by atoms with Crippen molar-refractivity contribution in [1.29, 1.82) is 0 Å². The van der Waals surface area contributed by atoms with Gasteiger partial charge >= 0.3 is 0 Å². The average molecular weight is 214 g/mol. The van der Waals surface area contributed by atoms with Crippen LogP contribution in [0.4, 0.5) is 0 Å². The Hall–Kier alpha value is -0.610. The fourth-order valence-electron chi connectivity index (χ4n) is 2.17. The van der Waals surface area contributed by atoms with E-state index in [1.165, 1.54) is 6.42 Å². The Labute approximate surface area is 91.2 Å². The highest BCUT2D eigenvalue weighted by atomic mass is 16.3. The van der Waals surface area contributed by atoms with Gasteiger partial charge in [-0.15, -0.1) is 0 Å². The third-order valence-electron chi connectivity index (χ3n) is 3.33. The lowest BCUT2D eigenvalue weighted by molar-refractivity contribution is -0.133. The summed E-state index contributed by atoms with van der Waals surface area (Å²) in [5.74, 6) is 0.0197. The van der Waals surface area contributed by atoms with Crippen LogP contribution in [0.15, 0.2) is 0 Å². The van der Waals surface area contributed by atoms with E-state index in [2.05, 4.69) is 5.32 Å². The molecule has 0 aromatic heterocycles. The van der Waals surface area contributed by atoms with E-state index in [1.807, 2.05) is 0 Å². The topological polar surface area (TPSA) is 75.3 Å². The van der Waals surface area contributed by atoms with Crippen LogP contribution in [0.2, 0.25) is 0 Å². The second-order valence-electron chi connectivity index (χ2n) is 4.60. The predicted octanol–water partition coefficient (Wildman–Crippen LogP) is 0.393. The second kappa shape index (κ2) is 5.47. The van der Waals surface area contributed by atoms with E-state index in [1.54, 1.807) is 6.92 Å². The zero-order valence-corrected chi connectivity index (χ0v) is 9.46. The van der Waals surface area contributed by atoms with Gasteiger partial charge in [0.25, 0.3) is 0 Å². The molecule has 0 saturated heterocycles. The van der Waals surface area contributed by atoms with E-state index in [9.17, 15) is 4.79 Å². The van der Waals surface area contributed by atoms with Gasteiger partial charge in [-0.1, -0.05) is 19.3 Å². The van der Waals surface area contributed by atoms with Crippen molar-refractivity contribution in [1.82, 2.24) is 5.32 Å². The molecule has 0 aliphatic heterocycles. The molecule has 88 valence electrons. The number of carbonyl (C=O) groups is 1. The molecule has 1 rings (SSSR count). The summed E-state index contributed by atoms with van der Waals surface area (Å²) in [6.45, 7) is 2.19. The zero-order chi connectivity index (χ0) is 11.3. The number of amides is 1. The first-order chi connectivity index (χ1) is 7.14. The fourth-order valence-corrected chi connectivity index (χ4v) is 2.17. The van der Waals surface area contributed by atoms with Crippen LogP contribution in [0.3, 0.4) is 0 Å². The van der Waals surface area contributed by atoms with Crippen LogP contribution in [0.1, 0.15) is 39.0 Å². The lowest BCUT2D eigenvalue weighted by Gasteiger charge is -2.35. The lowest BCUT2D eigenvalue weighted by atomic mass is 9.73. The van der Waals surface area contributed by atoms with Gasteiger partial charge in [-0.05, 0) is 19.8 Å². The Morgan fingerprint density at radius 3 is 2.53 bits per heavy atom. The van der Waals surface area contributed by atoms with E-state index in [-0.39, 0.29) is 24.0 Å². The van der Waals surface area contributed by atoms with E-state index >= 15 is 0 Å². The smallest absolute Gasteiger partial charge is 0.227 e. The minimum absolute atomic E-state index is 0.0197. The first kappa shape index (κ1) is 12.5. The molecular weight excluding hydrogens is 192 g/mol. The molecule has 0 aromatic rings. The number of aliphatic hydroxyl groups excluding tert-OH is 1. The molecule has 1 aliphatic rings. The lowest BCUT2D eigenvalue weighted by Crippen LogP contribution is -2.50. The average Bonchev–Trinajstić information content (AvgIpc) is 2.29. The number of nitrogens with one attached hydrogen (secondary N) is 1. The van der Waals surface area contributed by atoms with Crippen molar-refractivity contribution < 1.29 is 9.90 Å². The predicted molar refractivity (Wildman–Crippen MR) is 59.3 cm³/mol. The van der Waals surface area contributed by atoms with Gasteiger partial charge in [-0.2, -0.15) is 0 Å². The minimum Gasteiger partial charge on any atom is -0.394 e.